The van der Waals surface area contributed by atoms with Gasteiger partial charge < -0.3 is 10.0 Å². The van der Waals surface area contributed by atoms with Crippen LogP contribution in [0.5, 0.6) is 0 Å². The maximum atomic E-state index is 11.3. The third-order valence-electron chi connectivity index (χ3n) is 4.68. The molecule has 0 spiro atoms. The van der Waals surface area contributed by atoms with Gasteiger partial charge in [0.2, 0.25) is 0 Å². The lowest BCUT2D eigenvalue weighted by molar-refractivity contribution is -0.138. The van der Waals surface area contributed by atoms with Crippen molar-refractivity contribution >= 4 is 11.7 Å². The maximum absolute atomic E-state index is 11.3. The van der Waals surface area contributed by atoms with Gasteiger partial charge in [-0.2, -0.15) is 0 Å². The standard InChI is InChI=1S/C20H24N2O2/c1-16-13-21(14-17-8-4-2-5-9-17)19(12-20(23)24)15-22(16)18-10-6-3-7-11-18/h2-11,16,19H,12-15H2,1H3,(H,23,24)/t16-,19-/m0/s1. The van der Waals surface area contributed by atoms with Crippen LogP contribution in [0, 0.1) is 0 Å². The van der Waals surface area contributed by atoms with E-state index in [9.17, 15) is 9.90 Å². The van der Waals surface area contributed by atoms with Gasteiger partial charge in [0, 0.05) is 37.4 Å². The second-order valence-corrected chi connectivity index (χ2v) is 6.50. The zero-order valence-electron chi connectivity index (χ0n) is 14.0. The number of rotatable bonds is 5. The van der Waals surface area contributed by atoms with Crippen LogP contribution in [-0.4, -0.2) is 41.1 Å². The molecule has 1 heterocycles. The summed E-state index contributed by atoms with van der Waals surface area (Å²) in [5.41, 5.74) is 2.40. The van der Waals surface area contributed by atoms with E-state index in [1.54, 1.807) is 0 Å². The van der Waals surface area contributed by atoms with Crippen LogP contribution in [0.25, 0.3) is 0 Å². The van der Waals surface area contributed by atoms with Crippen molar-refractivity contribution in [2.45, 2.75) is 32.0 Å². The molecule has 1 aliphatic heterocycles. The fourth-order valence-corrected chi connectivity index (χ4v) is 3.50. The molecule has 0 bridgehead atoms. The van der Waals surface area contributed by atoms with E-state index in [1.807, 2.05) is 36.4 Å². The van der Waals surface area contributed by atoms with Crippen LogP contribution in [0.15, 0.2) is 60.7 Å². The third-order valence-corrected chi connectivity index (χ3v) is 4.68. The van der Waals surface area contributed by atoms with E-state index in [0.29, 0.717) is 6.04 Å². The molecule has 2 aromatic rings. The minimum atomic E-state index is -0.736. The van der Waals surface area contributed by atoms with Gasteiger partial charge in [-0.1, -0.05) is 48.5 Å². The quantitative estimate of drug-likeness (QED) is 0.917. The van der Waals surface area contributed by atoms with Crippen molar-refractivity contribution in [3.05, 3.63) is 66.2 Å². The Morgan fingerprint density at radius 1 is 1.04 bits per heavy atom. The molecule has 24 heavy (non-hydrogen) atoms. The van der Waals surface area contributed by atoms with Crippen molar-refractivity contribution in [2.24, 2.45) is 0 Å². The summed E-state index contributed by atoms with van der Waals surface area (Å²) in [6.45, 7) is 4.61. The molecule has 3 rings (SSSR count). The van der Waals surface area contributed by atoms with E-state index in [-0.39, 0.29) is 12.5 Å². The number of nitrogens with zero attached hydrogens (tertiary/aromatic N) is 2. The number of carboxylic acid groups (broad SMARTS) is 1. The molecule has 0 saturated carbocycles. The van der Waals surface area contributed by atoms with Crippen LogP contribution in [0.1, 0.15) is 18.9 Å². The fraction of sp³-hybridized carbons (Fsp3) is 0.350. The second kappa shape index (κ2) is 7.49. The van der Waals surface area contributed by atoms with Crippen LogP contribution in [0.3, 0.4) is 0 Å². The summed E-state index contributed by atoms with van der Waals surface area (Å²) in [4.78, 5) is 16.0. The summed E-state index contributed by atoms with van der Waals surface area (Å²) in [6, 6.07) is 20.9. The van der Waals surface area contributed by atoms with Gasteiger partial charge in [0.25, 0.3) is 0 Å². The SMILES string of the molecule is C[C@H]1CN(Cc2ccccc2)[C@@H](CC(=O)O)CN1c1ccccc1. The molecular weight excluding hydrogens is 300 g/mol. The monoisotopic (exact) mass is 324 g/mol. The van der Waals surface area contributed by atoms with Gasteiger partial charge in [-0.25, -0.2) is 0 Å². The number of para-hydroxylation sites is 1. The average molecular weight is 324 g/mol. The first-order chi connectivity index (χ1) is 11.6. The summed E-state index contributed by atoms with van der Waals surface area (Å²) in [7, 11) is 0. The van der Waals surface area contributed by atoms with Gasteiger partial charge in [-0.15, -0.1) is 0 Å². The molecule has 2 atom stereocenters. The van der Waals surface area contributed by atoms with E-state index < -0.39 is 5.97 Å². The van der Waals surface area contributed by atoms with Gasteiger partial charge in [0.15, 0.2) is 0 Å². The molecule has 0 aliphatic carbocycles. The molecule has 0 amide bonds. The van der Waals surface area contributed by atoms with Gasteiger partial charge in [-0.3, -0.25) is 9.69 Å². The Bertz CT molecular complexity index is 660. The van der Waals surface area contributed by atoms with Gasteiger partial charge in [-0.05, 0) is 24.6 Å². The highest BCUT2D eigenvalue weighted by molar-refractivity contribution is 5.67. The van der Waals surface area contributed by atoms with Crippen molar-refractivity contribution in [1.29, 1.82) is 0 Å². The molecule has 1 saturated heterocycles. The van der Waals surface area contributed by atoms with Gasteiger partial charge in [0.1, 0.15) is 0 Å². The van der Waals surface area contributed by atoms with Crippen molar-refractivity contribution in [2.75, 3.05) is 18.0 Å². The Kier molecular flexibility index (Phi) is 5.16. The number of carbonyl (C=O) groups is 1. The predicted octanol–water partition coefficient (Wildman–Crippen LogP) is 3.24. The highest BCUT2D eigenvalue weighted by Crippen LogP contribution is 2.25. The van der Waals surface area contributed by atoms with E-state index >= 15 is 0 Å². The van der Waals surface area contributed by atoms with Crippen molar-refractivity contribution in [1.82, 2.24) is 4.90 Å². The highest BCUT2D eigenvalue weighted by Gasteiger charge is 2.32. The molecule has 2 aromatic carbocycles. The van der Waals surface area contributed by atoms with E-state index in [1.165, 1.54) is 11.3 Å². The van der Waals surface area contributed by atoms with Crippen LogP contribution >= 0.6 is 0 Å². The summed E-state index contributed by atoms with van der Waals surface area (Å²) in [6.07, 6.45) is 0.170. The molecule has 4 nitrogen and oxygen atoms in total. The number of piperazine rings is 1. The third kappa shape index (κ3) is 3.95. The van der Waals surface area contributed by atoms with Crippen LogP contribution in [0.4, 0.5) is 5.69 Å². The Morgan fingerprint density at radius 2 is 1.67 bits per heavy atom. The Labute approximate surface area is 143 Å². The summed E-state index contributed by atoms with van der Waals surface area (Å²) >= 11 is 0. The Hall–Kier alpha value is -2.33. The first kappa shape index (κ1) is 16.5. The number of anilines is 1. The molecule has 126 valence electrons. The number of hydrogen-bond acceptors (Lipinski definition) is 3. The number of carboxylic acids is 1. The number of hydrogen-bond donors (Lipinski definition) is 1. The van der Waals surface area contributed by atoms with Gasteiger partial charge >= 0.3 is 5.97 Å². The van der Waals surface area contributed by atoms with E-state index in [2.05, 4.69) is 41.0 Å². The lowest BCUT2D eigenvalue weighted by Gasteiger charge is -2.46. The predicted molar refractivity (Wildman–Crippen MR) is 96.1 cm³/mol. The maximum Gasteiger partial charge on any atom is 0.305 e. The zero-order valence-corrected chi connectivity index (χ0v) is 14.0. The number of aliphatic carboxylic acids is 1. The summed E-state index contributed by atoms with van der Waals surface area (Å²) < 4.78 is 0. The molecule has 1 fully saturated rings. The minimum absolute atomic E-state index is 0.0131. The topological polar surface area (TPSA) is 43.8 Å². The molecular formula is C20H24N2O2. The molecule has 4 heteroatoms. The van der Waals surface area contributed by atoms with Gasteiger partial charge in [0.05, 0.1) is 6.42 Å². The van der Waals surface area contributed by atoms with Crippen LogP contribution in [0.2, 0.25) is 0 Å². The van der Waals surface area contributed by atoms with Crippen LogP contribution in [-0.2, 0) is 11.3 Å². The smallest absolute Gasteiger partial charge is 0.305 e. The van der Waals surface area contributed by atoms with Crippen molar-refractivity contribution in [3.8, 4) is 0 Å². The first-order valence-corrected chi connectivity index (χ1v) is 8.45. The highest BCUT2D eigenvalue weighted by atomic mass is 16.4. The molecule has 1 N–H and O–H groups in total. The van der Waals surface area contributed by atoms with Crippen LogP contribution < -0.4 is 4.90 Å². The average Bonchev–Trinajstić information content (AvgIpc) is 2.58. The second-order valence-electron chi connectivity index (χ2n) is 6.50. The zero-order chi connectivity index (χ0) is 16.9. The largest absolute Gasteiger partial charge is 0.481 e. The molecule has 1 aliphatic rings. The molecule has 0 radical (unpaired) electrons. The summed E-state index contributed by atoms with van der Waals surface area (Å²) in [5.74, 6) is -0.736. The van der Waals surface area contributed by atoms with Crippen molar-refractivity contribution < 1.29 is 9.90 Å². The minimum Gasteiger partial charge on any atom is -0.481 e. The molecule has 0 unspecified atom stereocenters. The fourth-order valence-electron chi connectivity index (χ4n) is 3.50. The Morgan fingerprint density at radius 3 is 2.29 bits per heavy atom. The van der Waals surface area contributed by atoms with Crippen molar-refractivity contribution in [3.63, 3.8) is 0 Å². The normalized spacial score (nSPS) is 21.6. The Balaban J connectivity index is 1.78. The number of benzene rings is 2. The lowest BCUT2D eigenvalue weighted by Crippen LogP contribution is -2.57. The lowest BCUT2D eigenvalue weighted by atomic mass is 10.0. The molecule has 0 aromatic heterocycles. The summed E-state index contributed by atoms with van der Waals surface area (Å²) in [5, 5.41) is 9.33. The first-order valence-electron chi connectivity index (χ1n) is 8.45. The van der Waals surface area contributed by atoms with E-state index in [0.717, 1.165) is 19.6 Å². The van der Waals surface area contributed by atoms with E-state index in [4.69, 9.17) is 0 Å².